The maximum Gasteiger partial charge on any atom is 0.172 e. The number of nitrogens with one attached hydrogen (secondary N) is 1. The second-order valence-electron chi connectivity index (χ2n) is 5.84. The van der Waals surface area contributed by atoms with Crippen LogP contribution in [0.3, 0.4) is 0 Å². The van der Waals surface area contributed by atoms with E-state index in [4.69, 9.17) is 4.74 Å². The molecule has 1 aromatic heterocycles. The van der Waals surface area contributed by atoms with Crippen LogP contribution < -0.4 is 9.64 Å². The number of hydrogen-bond acceptors (Lipinski definition) is 3. The summed E-state index contributed by atoms with van der Waals surface area (Å²) in [6, 6.07) is 11.2. The zero-order valence-corrected chi connectivity index (χ0v) is 13.6. The van der Waals surface area contributed by atoms with Gasteiger partial charge < -0.3 is 9.64 Å². The summed E-state index contributed by atoms with van der Waals surface area (Å²) in [5, 5.41) is 7.24. The Morgan fingerprint density at radius 3 is 2.92 bits per heavy atom. The molecule has 0 bridgehead atoms. The van der Waals surface area contributed by atoms with Gasteiger partial charge in [0.2, 0.25) is 0 Å². The molecule has 4 nitrogen and oxygen atoms in total. The van der Waals surface area contributed by atoms with Crippen LogP contribution in [0.15, 0.2) is 42.6 Å². The molecule has 1 aliphatic rings. The third kappa shape index (κ3) is 2.16. The van der Waals surface area contributed by atoms with Crippen molar-refractivity contribution in [3.63, 3.8) is 0 Å². The second kappa shape index (κ2) is 5.67. The van der Waals surface area contributed by atoms with Gasteiger partial charge in [-0.3, -0.25) is 5.10 Å². The first-order valence-corrected chi connectivity index (χ1v) is 7.97. The Bertz CT molecular complexity index is 903. The normalized spacial score (nSPS) is 12.7. The van der Waals surface area contributed by atoms with E-state index in [0.717, 1.165) is 35.6 Å². The molecule has 122 valence electrons. The summed E-state index contributed by atoms with van der Waals surface area (Å²) in [5.41, 5.74) is 5.81. The van der Waals surface area contributed by atoms with Crippen LogP contribution in [0.4, 0.5) is 10.1 Å². The van der Waals surface area contributed by atoms with E-state index < -0.39 is 0 Å². The van der Waals surface area contributed by atoms with Crippen molar-refractivity contribution in [3.05, 3.63) is 54.0 Å². The number of anilines is 1. The molecule has 0 spiro atoms. The van der Waals surface area contributed by atoms with Gasteiger partial charge in [0.05, 0.1) is 19.0 Å². The minimum atomic E-state index is -0.332. The van der Waals surface area contributed by atoms with Crippen molar-refractivity contribution in [1.82, 2.24) is 10.2 Å². The quantitative estimate of drug-likeness (QED) is 0.784. The smallest absolute Gasteiger partial charge is 0.172 e. The number of nitrogens with zero attached hydrogens (tertiary/aromatic N) is 2. The standard InChI is InChI=1S/C19H18FN3O/c1-3-23-11-13-10-21-22-19(13)15-8-7-12(9-16(15)23)14-5-4-6-17(24-2)18(14)20/h4-10H,3,11H2,1-2H3,(H,21,22). The third-order valence-corrected chi connectivity index (χ3v) is 4.56. The minimum absolute atomic E-state index is 0.258. The molecule has 2 aromatic carbocycles. The fourth-order valence-corrected chi connectivity index (χ4v) is 3.30. The van der Waals surface area contributed by atoms with Gasteiger partial charge >= 0.3 is 0 Å². The predicted molar refractivity (Wildman–Crippen MR) is 92.7 cm³/mol. The highest BCUT2D eigenvalue weighted by atomic mass is 19.1. The van der Waals surface area contributed by atoms with Gasteiger partial charge in [-0.25, -0.2) is 4.39 Å². The van der Waals surface area contributed by atoms with Crippen molar-refractivity contribution >= 4 is 5.69 Å². The maximum atomic E-state index is 14.6. The van der Waals surface area contributed by atoms with Crippen LogP contribution in [0.1, 0.15) is 12.5 Å². The summed E-state index contributed by atoms with van der Waals surface area (Å²) in [5.74, 6) is -0.0746. The first-order valence-electron chi connectivity index (χ1n) is 7.97. The number of hydrogen-bond donors (Lipinski definition) is 1. The summed E-state index contributed by atoms with van der Waals surface area (Å²) in [6.07, 6.45) is 1.87. The minimum Gasteiger partial charge on any atom is -0.494 e. The van der Waals surface area contributed by atoms with Crippen molar-refractivity contribution < 1.29 is 9.13 Å². The topological polar surface area (TPSA) is 41.2 Å². The lowest BCUT2D eigenvalue weighted by molar-refractivity contribution is 0.387. The highest BCUT2D eigenvalue weighted by molar-refractivity contribution is 5.85. The fraction of sp³-hybridized carbons (Fsp3) is 0.211. The summed E-state index contributed by atoms with van der Waals surface area (Å²) < 4.78 is 19.7. The molecule has 0 unspecified atom stereocenters. The van der Waals surface area contributed by atoms with Gasteiger partial charge in [-0.15, -0.1) is 0 Å². The number of ether oxygens (including phenoxy) is 1. The van der Waals surface area contributed by atoms with E-state index in [1.165, 1.54) is 12.7 Å². The largest absolute Gasteiger partial charge is 0.494 e. The van der Waals surface area contributed by atoms with Crippen LogP contribution in [-0.2, 0) is 6.54 Å². The van der Waals surface area contributed by atoms with E-state index in [0.29, 0.717) is 5.56 Å². The average Bonchev–Trinajstić information content (AvgIpc) is 3.09. The second-order valence-corrected chi connectivity index (χ2v) is 5.84. The first-order chi connectivity index (χ1) is 11.7. The Morgan fingerprint density at radius 2 is 2.12 bits per heavy atom. The van der Waals surface area contributed by atoms with Gasteiger partial charge in [0.15, 0.2) is 11.6 Å². The SMILES string of the molecule is CCN1Cc2cn[nH]c2-c2ccc(-c3cccc(OC)c3F)cc21. The number of aromatic nitrogens is 2. The molecular formula is C19H18FN3O. The van der Waals surface area contributed by atoms with E-state index >= 15 is 0 Å². The zero-order chi connectivity index (χ0) is 16.7. The molecule has 0 saturated carbocycles. The van der Waals surface area contributed by atoms with Gasteiger partial charge in [-0.2, -0.15) is 5.10 Å². The maximum absolute atomic E-state index is 14.6. The van der Waals surface area contributed by atoms with E-state index in [-0.39, 0.29) is 11.6 Å². The van der Waals surface area contributed by atoms with Crippen LogP contribution in [0.25, 0.3) is 22.4 Å². The highest BCUT2D eigenvalue weighted by Gasteiger charge is 2.23. The molecule has 0 fully saturated rings. The third-order valence-electron chi connectivity index (χ3n) is 4.56. The number of fused-ring (bicyclic) bond motifs is 3. The van der Waals surface area contributed by atoms with E-state index in [2.05, 4.69) is 22.0 Å². The molecule has 4 rings (SSSR count). The molecule has 0 radical (unpaired) electrons. The Morgan fingerprint density at radius 1 is 1.25 bits per heavy atom. The number of benzene rings is 2. The van der Waals surface area contributed by atoms with E-state index in [1.54, 1.807) is 18.2 Å². The highest BCUT2D eigenvalue weighted by Crippen LogP contribution is 2.41. The van der Waals surface area contributed by atoms with Crippen molar-refractivity contribution in [2.24, 2.45) is 0 Å². The van der Waals surface area contributed by atoms with E-state index in [9.17, 15) is 4.39 Å². The molecule has 3 aromatic rings. The molecule has 0 saturated heterocycles. The molecule has 5 heteroatoms. The zero-order valence-electron chi connectivity index (χ0n) is 13.6. The van der Waals surface area contributed by atoms with Crippen molar-refractivity contribution in [2.75, 3.05) is 18.6 Å². The first kappa shape index (κ1) is 14.8. The number of rotatable bonds is 3. The van der Waals surface area contributed by atoms with Gasteiger partial charge in [0.25, 0.3) is 0 Å². The number of aromatic amines is 1. The summed E-state index contributed by atoms with van der Waals surface area (Å²) in [7, 11) is 1.48. The Hall–Kier alpha value is -2.82. The van der Waals surface area contributed by atoms with Crippen molar-refractivity contribution in [3.8, 4) is 28.1 Å². The van der Waals surface area contributed by atoms with Gasteiger partial charge in [0, 0.05) is 35.5 Å². The molecule has 0 atom stereocenters. The fourth-order valence-electron chi connectivity index (χ4n) is 3.30. The molecule has 0 aliphatic carbocycles. The Labute approximate surface area is 139 Å². The van der Waals surface area contributed by atoms with Crippen LogP contribution >= 0.6 is 0 Å². The lowest BCUT2D eigenvalue weighted by Crippen LogP contribution is -2.25. The Kier molecular flexibility index (Phi) is 3.49. The van der Waals surface area contributed by atoms with Crippen LogP contribution in [0.2, 0.25) is 0 Å². The predicted octanol–water partition coefficient (Wildman–Crippen LogP) is 4.23. The van der Waals surface area contributed by atoms with E-state index in [1.807, 2.05) is 24.4 Å². The van der Waals surface area contributed by atoms with Gasteiger partial charge in [-0.05, 0) is 24.6 Å². The van der Waals surface area contributed by atoms with Crippen molar-refractivity contribution in [1.29, 1.82) is 0 Å². The molecule has 1 aliphatic heterocycles. The molecule has 2 heterocycles. The molecule has 1 N–H and O–H groups in total. The average molecular weight is 323 g/mol. The monoisotopic (exact) mass is 323 g/mol. The van der Waals surface area contributed by atoms with Crippen LogP contribution in [0.5, 0.6) is 5.75 Å². The lowest BCUT2D eigenvalue weighted by Gasteiger charge is -2.30. The van der Waals surface area contributed by atoms with Crippen LogP contribution in [0, 0.1) is 5.82 Å². The summed E-state index contributed by atoms with van der Waals surface area (Å²) in [6.45, 7) is 3.80. The Balaban J connectivity index is 1.87. The molecule has 0 amide bonds. The number of halogens is 1. The number of H-pyrrole nitrogens is 1. The number of methoxy groups -OCH3 is 1. The van der Waals surface area contributed by atoms with Crippen molar-refractivity contribution in [2.45, 2.75) is 13.5 Å². The summed E-state index contributed by atoms with van der Waals surface area (Å²) in [4.78, 5) is 2.27. The molecular weight excluding hydrogens is 305 g/mol. The summed E-state index contributed by atoms with van der Waals surface area (Å²) >= 11 is 0. The van der Waals surface area contributed by atoms with Gasteiger partial charge in [0.1, 0.15) is 0 Å². The lowest BCUT2D eigenvalue weighted by atomic mass is 9.95. The van der Waals surface area contributed by atoms with Gasteiger partial charge in [-0.1, -0.05) is 24.3 Å². The molecule has 24 heavy (non-hydrogen) atoms. The van der Waals surface area contributed by atoms with Crippen LogP contribution in [-0.4, -0.2) is 23.9 Å².